The molecule has 2 aliphatic rings. The first kappa shape index (κ1) is 20.1. The Morgan fingerprint density at radius 1 is 1.00 bits per heavy atom. The molecule has 0 spiro atoms. The summed E-state index contributed by atoms with van der Waals surface area (Å²) in [5.41, 5.74) is 2.04. The number of anilines is 2. The summed E-state index contributed by atoms with van der Waals surface area (Å²) < 4.78 is 5.42. The van der Waals surface area contributed by atoms with E-state index in [1.54, 1.807) is 0 Å². The van der Waals surface area contributed by atoms with Gasteiger partial charge in [0, 0.05) is 44.8 Å². The molecular weight excluding hydrogens is 346 g/mol. The molecule has 7 heteroatoms. The van der Waals surface area contributed by atoms with Crippen LogP contribution in [0.1, 0.15) is 24.2 Å². The number of Topliss-reactive ketones (excluding diaryl/α,β-unsaturated/α-hetero) is 1. The minimum Gasteiger partial charge on any atom is -0.395 e. The second-order valence-electron chi connectivity index (χ2n) is 7.61. The largest absolute Gasteiger partial charge is 0.395 e. The maximum Gasteiger partial charge on any atom is 0.182 e. The lowest BCUT2D eigenvalue weighted by Gasteiger charge is -2.41. The molecule has 3 rings (SSSR count). The molecule has 1 fully saturated rings. The van der Waals surface area contributed by atoms with Gasteiger partial charge in [0.15, 0.2) is 5.78 Å². The van der Waals surface area contributed by atoms with Crippen molar-refractivity contribution in [2.75, 3.05) is 75.5 Å². The van der Waals surface area contributed by atoms with Gasteiger partial charge in [-0.15, -0.1) is 0 Å². The van der Waals surface area contributed by atoms with Crippen LogP contribution in [-0.4, -0.2) is 92.1 Å². The van der Waals surface area contributed by atoms with Crippen LogP contribution in [0.3, 0.4) is 0 Å². The Balaban J connectivity index is 1.90. The molecular formula is C20H31N3O4. The van der Waals surface area contributed by atoms with Crippen LogP contribution in [0.5, 0.6) is 0 Å². The molecule has 0 saturated carbocycles. The van der Waals surface area contributed by atoms with Crippen LogP contribution in [0.2, 0.25) is 0 Å². The number of fused-ring (bicyclic) bond motifs is 1. The van der Waals surface area contributed by atoms with Gasteiger partial charge in [-0.1, -0.05) is 0 Å². The van der Waals surface area contributed by atoms with Gasteiger partial charge in [-0.2, -0.15) is 0 Å². The number of aliphatic hydroxyl groups excluding tert-OH is 2. The zero-order valence-electron chi connectivity index (χ0n) is 16.4. The Kier molecular flexibility index (Phi) is 6.37. The average molecular weight is 377 g/mol. The zero-order valence-corrected chi connectivity index (χ0v) is 16.4. The number of hydrogen-bond donors (Lipinski definition) is 2. The minimum absolute atomic E-state index is 0.0664. The third kappa shape index (κ3) is 4.11. The Morgan fingerprint density at radius 3 is 2.19 bits per heavy atom. The molecule has 150 valence electrons. The maximum atomic E-state index is 13.3. The molecule has 1 aromatic carbocycles. The summed E-state index contributed by atoms with van der Waals surface area (Å²) in [4.78, 5) is 19.7. The molecule has 2 heterocycles. The second kappa shape index (κ2) is 8.56. The van der Waals surface area contributed by atoms with Crippen LogP contribution in [-0.2, 0) is 4.74 Å². The van der Waals surface area contributed by atoms with Crippen molar-refractivity contribution in [3.05, 3.63) is 23.8 Å². The number of ether oxygens (including phenoxy) is 1. The molecule has 0 aromatic heterocycles. The van der Waals surface area contributed by atoms with Crippen molar-refractivity contribution >= 4 is 17.2 Å². The number of ketones is 1. The van der Waals surface area contributed by atoms with Crippen LogP contribution in [0.4, 0.5) is 11.4 Å². The predicted octanol–water partition coefficient (Wildman–Crippen LogP) is 0.591. The summed E-state index contributed by atoms with van der Waals surface area (Å²) in [5.74, 6) is 0.0930. The van der Waals surface area contributed by atoms with Crippen molar-refractivity contribution in [2.45, 2.75) is 19.4 Å². The van der Waals surface area contributed by atoms with E-state index in [-0.39, 0.29) is 19.0 Å². The fraction of sp³-hybridized carbons (Fsp3) is 0.650. The van der Waals surface area contributed by atoms with Gasteiger partial charge in [0.1, 0.15) is 0 Å². The lowest BCUT2D eigenvalue weighted by atomic mass is 9.90. The van der Waals surface area contributed by atoms with Gasteiger partial charge in [0.25, 0.3) is 0 Å². The quantitative estimate of drug-likeness (QED) is 0.674. The fourth-order valence-electron chi connectivity index (χ4n) is 3.99. The third-order valence-corrected chi connectivity index (χ3v) is 5.66. The number of rotatable bonds is 7. The van der Waals surface area contributed by atoms with E-state index >= 15 is 0 Å². The molecule has 0 bridgehead atoms. The van der Waals surface area contributed by atoms with Crippen molar-refractivity contribution in [3.8, 4) is 0 Å². The summed E-state index contributed by atoms with van der Waals surface area (Å²) in [7, 11) is 0. The van der Waals surface area contributed by atoms with Crippen LogP contribution >= 0.6 is 0 Å². The summed E-state index contributed by atoms with van der Waals surface area (Å²) in [6.07, 6.45) is 0. The van der Waals surface area contributed by atoms with E-state index < -0.39 is 5.54 Å². The molecule has 0 unspecified atom stereocenters. The minimum atomic E-state index is -0.598. The predicted molar refractivity (Wildman–Crippen MR) is 106 cm³/mol. The van der Waals surface area contributed by atoms with Gasteiger partial charge in [0.2, 0.25) is 0 Å². The topological polar surface area (TPSA) is 76.5 Å². The Hall–Kier alpha value is -1.67. The van der Waals surface area contributed by atoms with Crippen LogP contribution in [0.15, 0.2) is 18.2 Å². The monoisotopic (exact) mass is 377 g/mol. The molecule has 0 aliphatic carbocycles. The normalized spacial score (nSPS) is 18.5. The first-order valence-corrected chi connectivity index (χ1v) is 9.72. The molecule has 2 aliphatic heterocycles. The highest BCUT2D eigenvalue weighted by Gasteiger charge is 2.36. The standard InChI is InChI=1S/C20H31N3O4/c1-20(2,23-9-13-27-14-10-23)19(26)16-3-4-17-18(15-16)22(8-12-25)6-5-21(17)7-11-24/h3-4,15,24-25H,5-14H2,1-2H3. The first-order valence-electron chi connectivity index (χ1n) is 9.72. The van der Waals surface area contributed by atoms with Crippen LogP contribution in [0.25, 0.3) is 0 Å². The van der Waals surface area contributed by atoms with Gasteiger partial charge in [-0.3, -0.25) is 9.69 Å². The van der Waals surface area contributed by atoms with E-state index in [1.807, 2.05) is 32.0 Å². The Morgan fingerprint density at radius 2 is 1.59 bits per heavy atom. The van der Waals surface area contributed by atoms with E-state index in [0.717, 1.165) is 37.6 Å². The van der Waals surface area contributed by atoms with Crippen LogP contribution in [0, 0.1) is 0 Å². The molecule has 7 nitrogen and oxygen atoms in total. The maximum absolute atomic E-state index is 13.3. The SMILES string of the molecule is CC(C)(C(=O)c1ccc2c(c1)N(CCO)CCN2CCO)N1CCOCC1. The van der Waals surface area contributed by atoms with E-state index in [1.165, 1.54) is 0 Å². The fourth-order valence-corrected chi connectivity index (χ4v) is 3.99. The van der Waals surface area contributed by atoms with Gasteiger partial charge >= 0.3 is 0 Å². The molecule has 0 amide bonds. The molecule has 2 N–H and O–H groups in total. The molecule has 1 saturated heterocycles. The van der Waals surface area contributed by atoms with E-state index in [9.17, 15) is 15.0 Å². The summed E-state index contributed by atoms with van der Waals surface area (Å²) >= 11 is 0. The Labute approximate surface area is 161 Å². The van der Waals surface area contributed by atoms with Crippen molar-refractivity contribution in [3.63, 3.8) is 0 Å². The third-order valence-electron chi connectivity index (χ3n) is 5.66. The van der Waals surface area contributed by atoms with Crippen molar-refractivity contribution in [1.82, 2.24) is 4.90 Å². The molecule has 27 heavy (non-hydrogen) atoms. The lowest BCUT2D eigenvalue weighted by Crippen LogP contribution is -2.54. The lowest BCUT2D eigenvalue weighted by molar-refractivity contribution is -0.00429. The number of carbonyl (C=O) groups excluding carboxylic acids is 1. The number of nitrogens with zero attached hydrogens (tertiary/aromatic N) is 3. The second-order valence-corrected chi connectivity index (χ2v) is 7.61. The van der Waals surface area contributed by atoms with Crippen molar-refractivity contribution in [1.29, 1.82) is 0 Å². The van der Waals surface area contributed by atoms with Gasteiger partial charge in [0.05, 0.1) is 43.3 Å². The average Bonchev–Trinajstić information content (AvgIpc) is 2.69. The summed E-state index contributed by atoms with van der Waals surface area (Å²) in [6, 6.07) is 5.80. The number of benzene rings is 1. The molecule has 0 atom stereocenters. The summed E-state index contributed by atoms with van der Waals surface area (Å²) in [5, 5.41) is 18.8. The first-order chi connectivity index (χ1) is 13.0. The number of β-amino-alcohol motifs (C(OH)–C–C–N with tert-alkyl or cyclic N) is 2. The highest BCUT2D eigenvalue weighted by molar-refractivity contribution is 6.04. The Bertz CT molecular complexity index is 659. The van der Waals surface area contributed by atoms with E-state index in [2.05, 4.69) is 14.7 Å². The summed E-state index contributed by atoms with van der Waals surface area (Å²) in [6.45, 7) is 9.57. The molecule has 0 radical (unpaired) electrons. The highest BCUT2D eigenvalue weighted by atomic mass is 16.5. The van der Waals surface area contributed by atoms with E-state index in [4.69, 9.17) is 4.74 Å². The highest BCUT2D eigenvalue weighted by Crippen LogP contribution is 2.35. The number of morpholine rings is 1. The van der Waals surface area contributed by atoms with Crippen LogP contribution < -0.4 is 9.80 Å². The number of hydrogen-bond acceptors (Lipinski definition) is 7. The van der Waals surface area contributed by atoms with Crippen molar-refractivity contribution in [2.24, 2.45) is 0 Å². The van der Waals surface area contributed by atoms with Gasteiger partial charge in [-0.25, -0.2) is 0 Å². The molecule has 1 aromatic rings. The van der Waals surface area contributed by atoms with Gasteiger partial charge in [-0.05, 0) is 32.0 Å². The van der Waals surface area contributed by atoms with Gasteiger partial charge < -0.3 is 24.7 Å². The smallest absolute Gasteiger partial charge is 0.182 e. The number of carbonyl (C=O) groups is 1. The number of aliphatic hydroxyl groups is 2. The van der Waals surface area contributed by atoms with E-state index in [0.29, 0.717) is 31.9 Å². The zero-order chi connectivity index (χ0) is 19.4. The van der Waals surface area contributed by atoms with Crippen molar-refractivity contribution < 1.29 is 19.7 Å².